The largest absolute Gasteiger partial charge is 0.448 e. The van der Waals surface area contributed by atoms with Crippen LogP contribution in [0.15, 0.2) is 0 Å². The number of rotatable bonds is 5. The molecule has 0 saturated carbocycles. The quantitative estimate of drug-likeness (QED) is 0.526. The molecule has 0 aromatic rings. The van der Waals surface area contributed by atoms with Crippen LogP contribution in [-0.2, 0) is 19.1 Å². The molecule has 13 heavy (non-hydrogen) atoms. The Morgan fingerprint density at radius 2 is 2.08 bits per heavy atom. The lowest BCUT2D eigenvalue weighted by Gasteiger charge is -2.04. The summed E-state index contributed by atoms with van der Waals surface area (Å²) in [6, 6.07) is 0. The summed E-state index contributed by atoms with van der Waals surface area (Å²) in [5.74, 6) is 0. The smallest absolute Gasteiger partial charge is 0.432 e. The Morgan fingerprint density at radius 3 is 2.54 bits per heavy atom. The Morgan fingerprint density at radius 1 is 1.46 bits per heavy atom. The van der Waals surface area contributed by atoms with Gasteiger partial charge >= 0.3 is 6.09 Å². The molecule has 0 saturated heterocycles. The van der Waals surface area contributed by atoms with E-state index >= 15 is 0 Å². The first-order chi connectivity index (χ1) is 5.95. The normalized spacial score (nSPS) is 10.9. The van der Waals surface area contributed by atoms with Gasteiger partial charge in [-0.1, -0.05) is 13.3 Å². The number of ether oxygens (including phenoxy) is 1. The molecule has 0 aliphatic heterocycles. The Hall–Kier alpha value is -0.820. The molecule has 7 heteroatoms. The van der Waals surface area contributed by atoms with Gasteiger partial charge in [0.2, 0.25) is 0 Å². The van der Waals surface area contributed by atoms with Crippen LogP contribution < -0.4 is 5.48 Å². The van der Waals surface area contributed by atoms with E-state index in [4.69, 9.17) is 0 Å². The highest BCUT2D eigenvalue weighted by atomic mass is 32.2. The van der Waals surface area contributed by atoms with Gasteiger partial charge in [0, 0.05) is 0 Å². The van der Waals surface area contributed by atoms with Gasteiger partial charge in [-0.05, 0) is 6.42 Å². The number of hydrogen-bond donors (Lipinski definition) is 1. The summed E-state index contributed by atoms with van der Waals surface area (Å²) in [5, 5.41) is 0. The molecular formula is C6H13NO5S. The van der Waals surface area contributed by atoms with Gasteiger partial charge in [0.15, 0.2) is 0 Å². The molecule has 0 rings (SSSR count). The van der Waals surface area contributed by atoms with Gasteiger partial charge in [-0.2, -0.15) is 13.9 Å². The monoisotopic (exact) mass is 211 g/mol. The molecule has 78 valence electrons. The lowest BCUT2D eigenvalue weighted by Crippen LogP contribution is -2.27. The van der Waals surface area contributed by atoms with Gasteiger partial charge in [0.25, 0.3) is 10.1 Å². The minimum atomic E-state index is -3.66. The number of carbonyl (C=O) groups is 1. The Labute approximate surface area is 77.3 Å². The van der Waals surface area contributed by atoms with Gasteiger partial charge in [-0.25, -0.2) is 4.79 Å². The number of amides is 1. The zero-order valence-corrected chi connectivity index (χ0v) is 8.39. The molecule has 6 nitrogen and oxygen atoms in total. The number of hydrogen-bond acceptors (Lipinski definition) is 5. The lowest BCUT2D eigenvalue weighted by molar-refractivity contribution is 0.102. The summed E-state index contributed by atoms with van der Waals surface area (Å²) in [4.78, 5) is 10.6. The molecule has 0 aromatic heterocycles. The van der Waals surface area contributed by atoms with Crippen molar-refractivity contribution in [1.29, 1.82) is 0 Å². The van der Waals surface area contributed by atoms with Crippen LogP contribution in [0.1, 0.15) is 19.8 Å². The fourth-order valence-electron chi connectivity index (χ4n) is 0.448. The van der Waals surface area contributed by atoms with Gasteiger partial charge in [0.05, 0.1) is 12.9 Å². The summed E-state index contributed by atoms with van der Waals surface area (Å²) >= 11 is 0. The van der Waals surface area contributed by atoms with Crippen molar-refractivity contribution in [2.45, 2.75) is 19.8 Å². The molecule has 1 N–H and O–H groups in total. The molecule has 0 atom stereocenters. The molecule has 0 bridgehead atoms. The van der Waals surface area contributed by atoms with Crippen LogP contribution in [0.3, 0.4) is 0 Å². The number of unbranched alkanes of at least 4 members (excludes halogenated alkanes) is 1. The van der Waals surface area contributed by atoms with Crippen molar-refractivity contribution in [3.05, 3.63) is 0 Å². The molecule has 0 heterocycles. The van der Waals surface area contributed by atoms with E-state index in [0.717, 1.165) is 19.1 Å². The average molecular weight is 211 g/mol. The highest BCUT2D eigenvalue weighted by Gasteiger charge is 2.06. The topological polar surface area (TPSA) is 81.7 Å². The van der Waals surface area contributed by atoms with Crippen LogP contribution in [-0.4, -0.2) is 27.4 Å². The molecule has 0 aromatic carbocycles. The minimum Gasteiger partial charge on any atom is -0.448 e. The Kier molecular flexibility index (Phi) is 5.40. The third-order valence-corrected chi connectivity index (χ3v) is 1.39. The van der Waals surface area contributed by atoms with Crippen LogP contribution in [0.25, 0.3) is 0 Å². The molecule has 0 unspecified atom stereocenters. The second-order valence-corrected chi connectivity index (χ2v) is 3.95. The maximum Gasteiger partial charge on any atom is 0.432 e. The van der Waals surface area contributed by atoms with E-state index in [9.17, 15) is 13.2 Å². The Balaban J connectivity index is 3.53. The second-order valence-electron chi connectivity index (χ2n) is 2.38. The third-order valence-electron chi connectivity index (χ3n) is 1.01. The number of carbonyl (C=O) groups excluding carboxylic acids is 1. The van der Waals surface area contributed by atoms with Crippen molar-refractivity contribution in [3.63, 3.8) is 0 Å². The zero-order valence-electron chi connectivity index (χ0n) is 7.57. The SMILES string of the molecule is CCCCOC(=O)NOS(C)(=O)=O. The van der Waals surface area contributed by atoms with Crippen molar-refractivity contribution >= 4 is 16.2 Å². The van der Waals surface area contributed by atoms with E-state index in [0.29, 0.717) is 0 Å². The minimum absolute atomic E-state index is 0.245. The van der Waals surface area contributed by atoms with Gasteiger partial charge in [-0.15, -0.1) is 4.28 Å². The van der Waals surface area contributed by atoms with Gasteiger partial charge in [-0.3, -0.25) is 0 Å². The maximum atomic E-state index is 10.6. The van der Waals surface area contributed by atoms with Crippen molar-refractivity contribution in [3.8, 4) is 0 Å². The van der Waals surface area contributed by atoms with Gasteiger partial charge in [0.1, 0.15) is 0 Å². The third kappa shape index (κ3) is 9.09. The lowest BCUT2D eigenvalue weighted by atomic mass is 10.4. The summed E-state index contributed by atoms with van der Waals surface area (Å²) in [6.07, 6.45) is 1.53. The van der Waals surface area contributed by atoms with Crippen LogP contribution in [0, 0.1) is 0 Å². The van der Waals surface area contributed by atoms with Gasteiger partial charge < -0.3 is 4.74 Å². The summed E-state index contributed by atoms with van der Waals surface area (Å²) in [6.45, 7) is 2.18. The molecule has 0 aliphatic rings. The average Bonchev–Trinajstić information content (AvgIpc) is 2.00. The summed E-state index contributed by atoms with van der Waals surface area (Å²) in [5.41, 5.74) is 1.63. The molecule has 1 amide bonds. The van der Waals surface area contributed by atoms with Crippen LogP contribution in [0.5, 0.6) is 0 Å². The maximum absolute atomic E-state index is 10.6. The van der Waals surface area contributed by atoms with E-state index in [2.05, 4.69) is 9.02 Å². The van der Waals surface area contributed by atoms with E-state index in [1.54, 1.807) is 5.48 Å². The molecular weight excluding hydrogens is 198 g/mol. The second kappa shape index (κ2) is 5.76. The first kappa shape index (κ1) is 12.2. The zero-order chi connectivity index (χ0) is 10.3. The van der Waals surface area contributed by atoms with Crippen LogP contribution >= 0.6 is 0 Å². The highest BCUT2D eigenvalue weighted by molar-refractivity contribution is 7.85. The van der Waals surface area contributed by atoms with E-state index in [1.165, 1.54) is 0 Å². The van der Waals surface area contributed by atoms with Crippen molar-refractivity contribution in [2.75, 3.05) is 12.9 Å². The number of hydroxylamine groups is 1. The molecule has 0 fully saturated rings. The summed E-state index contributed by atoms with van der Waals surface area (Å²) in [7, 11) is -3.66. The van der Waals surface area contributed by atoms with Crippen LogP contribution in [0.2, 0.25) is 0 Å². The Bertz CT molecular complexity index is 248. The predicted molar refractivity (Wildman–Crippen MR) is 45.3 cm³/mol. The van der Waals surface area contributed by atoms with Crippen molar-refractivity contribution < 1.29 is 22.2 Å². The molecule has 0 aliphatic carbocycles. The standard InChI is InChI=1S/C6H13NO5S/c1-3-4-5-11-6(8)7-12-13(2,9)10/h3-5H2,1-2H3,(H,7,8). The summed E-state index contributed by atoms with van der Waals surface area (Å²) < 4.78 is 29.3. The predicted octanol–water partition coefficient (Wildman–Crippen LogP) is 0.404. The van der Waals surface area contributed by atoms with E-state index in [-0.39, 0.29) is 6.61 Å². The first-order valence-electron chi connectivity index (χ1n) is 3.77. The molecule has 0 spiro atoms. The van der Waals surface area contributed by atoms with E-state index < -0.39 is 16.2 Å². The fourth-order valence-corrected chi connectivity index (χ4v) is 0.668. The van der Waals surface area contributed by atoms with Crippen molar-refractivity contribution in [1.82, 2.24) is 5.48 Å². The number of nitrogens with one attached hydrogen (secondary N) is 1. The van der Waals surface area contributed by atoms with E-state index in [1.807, 2.05) is 6.92 Å². The first-order valence-corrected chi connectivity index (χ1v) is 5.58. The molecule has 0 radical (unpaired) electrons. The fraction of sp³-hybridized carbons (Fsp3) is 0.833. The highest BCUT2D eigenvalue weighted by Crippen LogP contribution is 1.89. The van der Waals surface area contributed by atoms with Crippen molar-refractivity contribution in [2.24, 2.45) is 0 Å². The van der Waals surface area contributed by atoms with Crippen LogP contribution in [0.4, 0.5) is 4.79 Å².